The Morgan fingerprint density at radius 2 is 1.81 bits per heavy atom. The topological polar surface area (TPSA) is 62.7 Å². The summed E-state index contributed by atoms with van der Waals surface area (Å²) in [6, 6.07) is 15.7. The number of nitrogens with one attached hydrogen (secondary N) is 2. The van der Waals surface area contributed by atoms with E-state index in [0.717, 1.165) is 18.1 Å². The van der Waals surface area contributed by atoms with E-state index >= 15 is 0 Å². The number of hydrogen-bond donors (Lipinski definition) is 2. The van der Waals surface area contributed by atoms with Gasteiger partial charge in [0.15, 0.2) is 5.96 Å². The molecule has 5 nitrogen and oxygen atoms in total. The number of carbonyl (C=O) groups excluding carboxylic acids is 1. The lowest BCUT2D eigenvalue weighted by Crippen LogP contribution is -2.36. The maximum absolute atomic E-state index is 11.5. The minimum absolute atomic E-state index is 0. The fourth-order valence-corrected chi connectivity index (χ4v) is 2.38. The molecule has 2 N–H and O–H groups in total. The number of aryl methyl sites for hydroxylation is 1. The second kappa shape index (κ2) is 11.5. The summed E-state index contributed by atoms with van der Waals surface area (Å²) in [5.74, 6) is 0.439. The van der Waals surface area contributed by atoms with Crippen LogP contribution in [0.5, 0.6) is 0 Å². The lowest BCUT2D eigenvalue weighted by Gasteiger charge is -2.12. The number of carbonyl (C=O) groups is 1. The maximum atomic E-state index is 11.5. The Kier molecular flexibility index (Phi) is 9.72. The molecule has 0 bridgehead atoms. The lowest BCUT2D eigenvalue weighted by molar-refractivity contribution is 0.0600. The van der Waals surface area contributed by atoms with Crippen molar-refractivity contribution in [2.75, 3.05) is 13.7 Å². The van der Waals surface area contributed by atoms with Gasteiger partial charge >= 0.3 is 5.97 Å². The van der Waals surface area contributed by atoms with E-state index in [-0.39, 0.29) is 29.9 Å². The zero-order valence-electron chi connectivity index (χ0n) is 15.4. The highest BCUT2D eigenvalue weighted by Gasteiger charge is 2.04. The Labute approximate surface area is 172 Å². The fraction of sp³-hybridized carbons (Fsp3) is 0.300. The Morgan fingerprint density at radius 1 is 1.08 bits per heavy atom. The van der Waals surface area contributed by atoms with Crippen LogP contribution in [0.3, 0.4) is 0 Å². The zero-order valence-corrected chi connectivity index (χ0v) is 17.7. The molecule has 6 heteroatoms. The van der Waals surface area contributed by atoms with E-state index < -0.39 is 0 Å². The molecule has 0 atom stereocenters. The van der Waals surface area contributed by atoms with Crippen LogP contribution >= 0.6 is 24.0 Å². The van der Waals surface area contributed by atoms with Crippen molar-refractivity contribution in [2.45, 2.75) is 26.9 Å². The Bertz CT molecular complexity index is 730. The number of methoxy groups -OCH3 is 1. The number of hydrogen-bond acceptors (Lipinski definition) is 3. The minimum Gasteiger partial charge on any atom is -0.465 e. The summed E-state index contributed by atoms with van der Waals surface area (Å²) in [6.07, 6.45) is 0. The van der Waals surface area contributed by atoms with Crippen molar-refractivity contribution < 1.29 is 9.53 Å². The van der Waals surface area contributed by atoms with E-state index in [4.69, 9.17) is 4.74 Å². The minimum atomic E-state index is -0.326. The predicted molar refractivity (Wildman–Crippen MR) is 116 cm³/mol. The van der Waals surface area contributed by atoms with Gasteiger partial charge in [0.2, 0.25) is 0 Å². The maximum Gasteiger partial charge on any atom is 0.337 e. The van der Waals surface area contributed by atoms with Crippen LogP contribution in [0.4, 0.5) is 0 Å². The second-order valence-electron chi connectivity index (χ2n) is 5.73. The van der Waals surface area contributed by atoms with Gasteiger partial charge in [0.05, 0.1) is 19.2 Å². The van der Waals surface area contributed by atoms with Crippen molar-refractivity contribution in [1.82, 2.24) is 10.6 Å². The van der Waals surface area contributed by atoms with Gasteiger partial charge in [0.25, 0.3) is 0 Å². The molecule has 0 aliphatic rings. The number of esters is 1. The van der Waals surface area contributed by atoms with E-state index in [9.17, 15) is 4.79 Å². The molecule has 2 rings (SSSR count). The fourth-order valence-electron chi connectivity index (χ4n) is 2.38. The molecule has 0 fully saturated rings. The predicted octanol–water partition coefficient (Wildman–Crippen LogP) is 3.65. The van der Waals surface area contributed by atoms with Gasteiger partial charge < -0.3 is 15.4 Å². The molecule has 0 unspecified atom stereocenters. The average Bonchev–Trinajstić information content (AvgIpc) is 2.64. The normalized spacial score (nSPS) is 10.7. The molecule has 0 radical (unpaired) electrons. The molecule has 0 saturated heterocycles. The molecule has 0 spiro atoms. The third-order valence-electron chi connectivity index (χ3n) is 3.68. The molecule has 0 heterocycles. The largest absolute Gasteiger partial charge is 0.465 e. The summed E-state index contributed by atoms with van der Waals surface area (Å²) < 4.78 is 4.70. The Balaban J connectivity index is 0.00000338. The van der Waals surface area contributed by atoms with E-state index in [1.165, 1.54) is 18.2 Å². The van der Waals surface area contributed by atoms with Crippen molar-refractivity contribution in [1.29, 1.82) is 0 Å². The summed E-state index contributed by atoms with van der Waals surface area (Å²) in [5, 5.41) is 6.55. The number of guanidine groups is 1. The summed E-state index contributed by atoms with van der Waals surface area (Å²) in [5.41, 5.74) is 4.02. The van der Waals surface area contributed by atoms with Gasteiger partial charge in [-0.2, -0.15) is 0 Å². The van der Waals surface area contributed by atoms with Crippen LogP contribution < -0.4 is 10.6 Å². The van der Waals surface area contributed by atoms with E-state index in [2.05, 4.69) is 40.7 Å². The third-order valence-corrected chi connectivity index (χ3v) is 3.68. The molecule has 0 aliphatic heterocycles. The standard InChI is InChI=1S/C20H25N3O2.HI/c1-4-21-20(23-14-17-7-5-6-15(2)12-17)22-13-16-8-10-18(11-9-16)19(24)25-3;/h5-12H,4,13-14H2,1-3H3,(H2,21,22,23);1H. The van der Waals surface area contributed by atoms with Crippen LogP contribution in [-0.2, 0) is 17.8 Å². The smallest absolute Gasteiger partial charge is 0.337 e. The van der Waals surface area contributed by atoms with Crippen LogP contribution in [0.15, 0.2) is 53.5 Å². The summed E-state index contributed by atoms with van der Waals surface area (Å²) in [6.45, 7) is 6.16. The van der Waals surface area contributed by atoms with E-state index in [0.29, 0.717) is 18.7 Å². The van der Waals surface area contributed by atoms with Gasteiger partial charge in [-0.15, -0.1) is 24.0 Å². The number of nitrogens with zero attached hydrogens (tertiary/aromatic N) is 1. The van der Waals surface area contributed by atoms with Gasteiger partial charge in [-0.05, 0) is 37.1 Å². The monoisotopic (exact) mass is 467 g/mol. The van der Waals surface area contributed by atoms with Gasteiger partial charge in [-0.25, -0.2) is 9.79 Å². The third kappa shape index (κ3) is 7.03. The second-order valence-corrected chi connectivity index (χ2v) is 5.73. The van der Waals surface area contributed by atoms with Crippen molar-refractivity contribution in [3.8, 4) is 0 Å². The summed E-state index contributed by atoms with van der Waals surface area (Å²) in [4.78, 5) is 16.1. The molecule has 0 aliphatic carbocycles. The van der Waals surface area contributed by atoms with Gasteiger partial charge in [-0.3, -0.25) is 0 Å². The number of aliphatic imine (C=N–C) groups is 1. The highest BCUT2D eigenvalue weighted by atomic mass is 127. The van der Waals surface area contributed by atoms with Gasteiger partial charge in [0, 0.05) is 13.1 Å². The molecular formula is C20H26IN3O2. The number of rotatable bonds is 6. The van der Waals surface area contributed by atoms with E-state index in [1.807, 2.05) is 25.1 Å². The first-order valence-corrected chi connectivity index (χ1v) is 8.37. The van der Waals surface area contributed by atoms with Crippen LogP contribution in [-0.4, -0.2) is 25.6 Å². The lowest BCUT2D eigenvalue weighted by atomic mass is 10.1. The first kappa shape index (κ1) is 22.0. The van der Waals surface area contributed by atoms with Crippen LogP contribution in [0.1, 0.15) is 34.0 Å². The quantitative estimate of drug-likeness (QED) is 0.295. The first-order valence-electron chi connectivity index (χ1n) is 8.37. The van der Waals surface area contributed by atoms with Crippen molar-refractivity contribution in [2.24, 2.45) is 4.99 Å². The molecule has 140 valence electrons. The number of ether oxygens (including phenoxy) is 1. The number of halogens is 1. The van der Waals surface area contributed by atoms with Crippen molar-refractivity contribution in [3.05, 3.63) is 70.8 Å². The molecule has 0 amide bonds. The Hall–Kier alpha value is -2.09. The summed E-state index contributed by atoms with van der Waals surface area (Å²) >= 11 is 0. The van der Waals surface area contributed by atoms with Crippen molar-refractivity contribution >= 4 is 35.9 Å². The van der Waals surface area contributed by atoms with E-state index in [1.54, 1.807) is 12.1 Å². The van der Waals surface area contributed by atoms with Gasteiger partial charge in [-0.1, -0.05) is 42.0 Å². The molecule has 0 saturated carbocycles. The van der Waals surface area contributed by atoms with Gasteiger partial charge in [0.1, 0.15) is 0 Å². The molecular weight excluding hydrogens is 441 g/mol. The SMILES string of the molecule is CCNC(=NCc1cccc(C)c1)NCc1ccc(C(=O)OC)cc1.I. The molecule has 26 heavy (non-hydrogen) atoms. The van der Waals surface area contributed by atoms with Crippen LogP contribution in [0.2, 0.25) is 0 Å². The van der Waals surface area contributed by atoms with Crippen LogP contribution in [0.25, 0.3) is 0 Å². The highest BCUT2D eigenvalue weighted by molar-refractivity contribution is 14.0. The Morgan fingerprint density at radius 3 is 2.42 bits per heavy atom. The first-order chi connectivity index (χ1) is 12.1. The highest BCUT2D eigenvalue weighted by Crippen LogP contribution is 2.07. The van der Waals surface area contributed by atoms with Crippen LogP contribution in [0, 0.1) is 6.92 Å². The molecule has 2 aromatic rings. The number of benzene rings is 2. The average molecular weight is 467 g/mol. The van der Waals surface area contributed by atoms with Crippen molar-refractivity contribution in [3.63, 3.8) is 0 Å². The zero-order chi connectivity index (χ0) is 18.1. The molecule has 2 aromatic carbocycles. The molecule has 0 aromatic heterocycles. The summed E-state index contributed by atoms with van der Waals surface area (Å²) in [7, 11) is 1.38.